The van der Waals surface area contributed by atoms with Gasteiger partial charge >= 0.3 is 6.18 Å². The van der Waals surface area contributed by atoms with Gasteiger partial charge in [-0.2, -0.15) is 18.4 Å². The number of halogens is 4. The molecule has 4 aliphatic rings. The number of aryl methyl sites for hydroxylation is 1. The van der Waals surface area contributed by atoms with Crippen molar-refractivity contribution in [2.24, 2.45) is 5.41 Å². The second-order valence-electron chi connectivity index (χ2n) is 9.92. The van der Waals surface area contributed by atoms with Gasteiger partial charge in [0.05, 0.1) is 24.7 Å². The summed E-state index contributed by atoms with van der Waals surface area (Å²) in [4.78, 5) is 27.0. The number of hydrogen-bond acceptors (Lipinski definition) is 4. The summed E-state index contributed by atoms with van der Waals surface area (Å²) in [6.07, 6.45) is -1.68. The highest BCUT2D eigenvalue weighted by Gasteiger charge is 2.52. The minimum Gasteiger partial charge on any atom is -0.325 e. The summed E-state index contributed by atoms with van der Waals surface area (Å²) in [6.45, 7) is 1.51. The van der Waals surface area contributed by atoms with Gasteiger partial charge in [0.25, 0.3) is 0 Å². The maximum atomic E-state index is 13.6. The molecule has 1 aromatic rings. The Morgan fingerprint density at radius 1 is 1.18 bits per heavy atom. The van der Waals surface area contributed by atoms with Crippen molar-refractivity contribution in [2.45, 2.75) is 75.8 Å². The normalized spacial score (nSPS) is 30.8. The van der Waals surface area contributed by atoms with Gasteiger partial charge in [0.1, 0.15) is 12.2 Å². The predicted octanol–water partition coefficient (Wildman–Crippen LogP) is 4.10. The fraction of sp³-hybridized carbons (Fsp3) is 0.625. The number of benzene rings is 1. The van der Waals surface area contributed by atoms with Gasteiger partial charge in [-0.1, -0.05) is 0 Å². The molecule has 2 N–H and O–H groups in total. The van der Waals surface area contributed by atoms with Crippen molar-refractivity contribution in [1.82, 2.24) is 10.2 Å². The van der Waals surface area contributed by atoms with E-state index in [9.17, 15) is 27.2 Å². The molecule has 2 amide bonds. The van der Waals surface area contributed by atoms with E-state index in [-0.39, 0.29) is 36.9 Å². The van der Waals surface area contributed by atoms with Gasteiger partial charge in [-0.15, -0.1) is 0 Å². The number of rotatable bonds is 5. The second kappa shape index (κ2) is 8.84. The van der Waals surface area contributed by atoms with Crippen LogP contribution >= 0.6 is 0 Å². The van der Waals surface area contributed by atoms with Gasteiger partial charge in [-0.25, -0.2) is 4.39 Å². The average molecular weight is 481 g/mol. The van der Waals surface area contributed by atoms with Crippen LogP contribution < -0.4 is 10.6 Å². The first-order valence-electron chi connectivity index (χ1n) is 11.5. The lowest BCUT2D eigenvalue weighted by atomic mass is 9.57. The number of carbonyl (C=O) groups excluding carboxylic acids is 2. The topological polar surface area (TPSA) is 85.2 Å². The lowest BCUT2D eigenvalue weighted by molar-refractivity contribution is -0.137. The van der Waals surface area contributed by atoms with Gasteiger partial charge in [-0.3, -0.25) is 9.59 Å². The number of hydrogen-bond donors (Lipinski definition) is 2. The van der Waals surface area contributed by atoms with Crippen LogP contribution in [0.1, 0.15) is 56.1 Å². The lowest BCUT2D eigenvalue weighted by Crippen LogP contribution is -2.59. The molecule has 0 aromatic heterocycles. The molecule has 10 heteroatoms. The Labute approximate surface area is 195 Å². The van der Waals surface area contributed by atoms with Crippen molar-refractivity contribution in [3.8, 4) is 6.07 Å². The van der Waals surface area contributed by atoms with E-state index in [2.05, 4.69) is 10.6 Å². The lowest BCUT2D eigenvalue weighted by Gasteiger charge is -2.53. The first-order chi connectivity index (χ1) is 16.0. The van der Waals surface area contributed by atoms with Crippen LogP contribution in [0.25, 0.3) is 0 Å². The van der Waals surface area contributed by atoms with Gasteiger partial charge < -0.3 is 15.5 Å². The smallest absolute Gasteiger partial charge is 0.325 e. The standard InChI is InChI=1S/C24H28F4N4O2/c1-15-10-16(24(26,27)28)2-3-19(15)31-21(34)22-4-7-23(8-5-22,9-6-22)30-13-20(33)32-14-17(25)11-18(32)12-29/h2-3,10,17-18,30H,4-9,11,13-14H2,1H3,(H,31,34)/t17?,18-,22?,23?/m0/s1. The highest BCUT2D eigenvalue weighted by Crippen LogP contribution is 2.53. The third kappa shape index (κ3) is 4.63. The van der Waals surface area contributed by atoms with Crippen LogP contribution in [0.5, 0.6) is 0 Å². The summed E-state index contributed by atoms with van der Waals surface area (Å²) in [5.41, 5.74) is -0.876. The summed E-state index contributed by atoms with van der Waals surface area (Å²) in [6, 6.07) is 4.55. The van der Waals surface area contributed by atoms with Crippen LogP contribution in [0, 0.1) is 23.7 Å². The van der Waals surface area contributed by atoms with Crippen molar-refractivity contribution in [3.05, 3.63) is 29.3 Å². The fourth-order valence-corrected chi connectivity index (χ4v) is 5.57. The van der Waals surface area contributed by atoms with Gasteiger partial charge in [-0.05, 0) is 69.2 Å². The van der Waals surface area contributed by atoms with Crippen LogP contribution in [0.3, 0.4) is 0 Å². The van der Waals surface area contributed by atoms with Crippen LogP contribution in [-0.2, 0) is 15.8 Å². The van der Waals surface area contributed by atoms with Gasteiger partial charge in [0.15, 0.2) is 0 Å². The number of carbonyl (C=O) groups is 2. The molecule has 1 saturated heterocycles. The molecule has 184 valence electrons. The molecule has 5 rings (SSSR count). The number of nitrogens with zero attached hydrogens (tertiary/aromatic N) is 2. The van der Waals surface area contributed by atoms with E-state index < -0.39 is 29.4 Å². The zero-order chi connectivity index (χ0) is 24.7. The van der Waals surface area contributed by atoms with Crippen molar-refractivity contribution in [2.75, 3.05) is 18.4 Å². The molecule has 1 heterocycles. The molecule has 3 saturated carbocycles. The number of anilines is 1. The highest BCUT2D eigenvalue weighted by molar-refractivity contribution is 5.96. The van der Waals surface area contributed by atoms with E-state index >= 15 is 0 Å². The van der Waals surface area contributed by atoms with Gasteiger partial charge in [0, 0.05) is 23.1 Å². The minimum atomic E-state index is -4.44. The summed E-state index contributed by atoms with van der Waals surface area (Å²) in [5.74, 6) is -0.471. The summed E-state index contributed by atoms with van der Waals surface area (Å²) in [7, 11) is 0. The molecule has 0 radical (unpaired) electrons. The number of likely N-dealkylation sites (tertiary alicyclic amines) is 1. The van der Waals surface area contributed by atoms with E-state index in [1.165, 1.54) is 11.0 Å². The number of fused-ring (bicyclic) bond motifs is 3. The quantitative estimate of drug-likeness (QED) is 0.622. The maximum absolute atomic E-state index is 13.6. The zero-order valence-electron chi connectivity index (χ0n) is 19.0. The van der Waals surface area contributed by atoms with E-state index in [0.29, 0.717) is 49.8 Å². The molecule has 3 aliphatic carbocycles. The average Bonchev–Trinajstić information content (AvgIpc) is 3.20. The largest absolute Gasteiger partial charge is 0.416 e. The van der Waals surface area contributed by atoms with Crippen LogP contribution in [0.2, 0.25) is 0 Å². The monoisotopic (exact) mass is 480 g/mol. The van der Waals surface area contributed by atoms with E-state index in [4.69, 9.17) is 5.26 Å². The minimum absolute atomic E-state index is 0.0227. The summed E-state index contributed by atoms with van der Waals surface area (Å²) in [5, 5.41) is 15.3. The Morgan fingerprint density at radius 2 is 1.82 bits per heavy atom. The Kier molecular flexibility index (Phi) is 6.36. The molecule has 2 atom stereocenters. The van der Waals surface area contributed by atoms with Crippen molar-refractivity contribution >= 4 is 17.5 Å². The Bertz CT molecular complexity index is 995. The first-order valence-corrected chi connectivity index (χ1v) is 11.5. The van der Waals surface area contributed by atoms with E-state index in [1.54, 1.807) is 6.92 Å². The van der Waals surface area contributed by atoms with Crippen molar-refractivity contribution in [1.29, 1.82) is 5.26 Å². The summed E-state index contributed by atoms with van der Waals surface area (Å²) < 4.78 is 52.4. The predicted molar refractivity (Wildman–Crippen MR) is 116 cm³/mol. The molecule has 1 unspecified atom stereocenters. The second-order valence-corrected chi connectivity index (χ2v) is 9.92. The third-order valence-electron chi connectivity index (χ3n) is 7.86. The molecule has 34 heavy (non-hydrogen) atoms. The fourth-order valence-electron chi connectivity index (χ4n) is 5.57. The van der Waals surface area contributed by atoms with E-state index in [0.717, 1.165) is 12.1 Å². The van der Waals surface area contributed by atoms with E-state index in [1.807, 2.05) is 6.07 Å². The maximum Gasteiger partial charge on any atom is 0.416 e. The Balaban J connectivity index is 1.34. The highest BCUT2D eigenvalue weighted by atomic mass is 19.4. The van der Waals surface area contributed by atoms with Crippen LogP contribution in [-0.4, -0.2) is 47.6 Å². The molecular formula is C24H28F4N4O2. The Morgan fingerprint density at radius 3 is 2.38 bits per heavy atom. The first kappa shape index (κ1) is 24.5. The molecular weight excluding hydrogens is 452 g/mol. The van der Waals surface area contributed by atoms with Gasteiger partial charge in [0.2, 0.25) is 11.8 Å². The zero-order valence-corrected chi connectivity index (χ0v) is 19.0. The molecule has 1 aromatic carbocycles. The third-order valence-corrected chi connectivity index (χ3v) is 7.86. The van der Waals surface area contributed by atoms with Crippen molar-refractivity contribution < 1.29 is 27.2 Å². The number of amides is 2. The van der Waals surface area contributed by atoms with Crippen LogP contribution in [0.15, 0.2) is 18.2 Å². The number of alkyl halides is 4. The molecule has 0 spiro atoms. The molecule has 1 aliphatic heterocycles. The number of nitriles is 1. The molecule has 4 fully saturated rings. The summed E-state index contributed by atoms with van der Waals surface area (Å²) >= 11 is 0. The molecule has 2 bridgehead atoms. The Hall–Kier alpha value is -2.67. The SMILES string of the molecule is Cc1cc(C(F)(F)F)ccc1NC(=O)C12CCC(NCC(=O)N3CC(F)C[C@H]3C#N)(CC1)CC2. The van der Waals surface area contributed by atoms with Crippen LogP contribution in [0.4, 0.5) is 23.2 Å². The number of nitrogens with one attached hydrogen (secondary N) is 2. The van der Waals surface area contributed by atoms with Crippen molar-refractivity contribution in [3.63, 3.8) is 0 Å². The molecule has 6 nitrogen and oxygen atoms in total.